The van der Waals surface area contributed by atoms with Gasteiger partial charge in [-0.25, -0.2) is 0 Å². The quantitative estimate of drug-likeness (QED) is 0.494. The number of nitrogens with one attached hydrogen (secondary N) is 2. The first-order chi connectivity index (χ1) is 12.5. The highest BCUT2D eigenvalue weighted by Crippen LogP contribution is 2.26. The summed E-state index contributed by atoms with van der Waals surface area (Å²) in [5.74, 6) is -1.84. The number of hydrogen-bond donors (Lipinski definition) is 3. The number of carbonyl (C=O) groups excluding carboxylic acids is 2. The minimum absolute atomic E-state index is 0.00837. The maximum Gasteiger partial charge on any atom is 0.282 e. The molecule has 0 spiro atoms. The number of hydrogen-bond acceptors (Lipinski definition) is 5. The van der Waals surface area contributed by atoms with Gasteiger partial charge in [-0.3, -0.25) is 30.6 Å². The predicted octanol–water partition coefficient (Wildman–Crippen LogP) is 2.53. The number of para-hydroxylation sites is 1. The fraction of sp³-hybridized carbons (Fsp3) is 0. The lowest BCUT2D eigenvalue weighted by Gasteiger charge is -2.11. The maximum absolute atomic E-state index is 12.4. The number of nitrogens with zero attached hydrogens (tertiary/aromatic N) is 1. The summed E-state index contributed by atoms with van der Waals surface area (Å²) in [5, 5.41) is 22.2. The molecule has 8 heteroatoms. The van der Waals surface area contributed by atoms with Crippen LogP contribution in [-0.2, 0) is 0 Å². The van der Waals surface area contributed by atoms with E-state index >= 15 is 0 Å². The lowest BCUT2D eigenvalue weighted by Crippen LogP contribution is -2.41. The highest BCUT2D eigenvalue weighted by atomic mass is 16.6. The standard InChI is InChI=1S/C18H13N3O5/c22-15-10-9-11-5-1-2-6-12(11)16(15)18(24)20-19-17(23)13-7-3-4-8-14(13)21(25)26/h1-10,22H,(H,19,23)(H,20,24). The number of rotatable bonds is 3. The van der Waals surface area contributed by atoms with Crippen LogP contribution in [0.3, 0.4) is 0 Å². The number of phenolic OH excluding ortho intramolecular Hbond substituents is 1. The van der Waals surface area contributed by atoms with Crippen LogP contribution >= 0.6 is 0 Å². The summed E-state index contributed by atoms with van der Waals surface area (Å²) in [5.41, 5.74) is 3.72. The highest BCUT2D eigenvalue weighted by molar-refractivity contribution is 6.10. The monoisotopic (exact) mass is 351 g/mol. The molecule has 26 heavy (non-hydrogen) atoms. The van der Waals surface area contributed by atoms with Crippen molar-refractivity contribution in [3.8, 4) is 5.75 Å². The Morgan fingerprint density at radius 2 is 1.54 bits per heavy atom. The van der Waals surface area contributed by atoms with Gasteiger partial charge in [0.05, 0.1) is 10.5 Å². The largest absolute Gasteiger partial charge is 0.507 e. The first kappa shape index (κ1) is 16.9. The lowest BCUT2D eigenvalue weighted by atomic mass is 10.0. The van der Waals surface area contributed by atoms with Gasteiger partial charge in [-0.15, -0.1) is 0 Å². The SMILES string of the molecule is O=C(NNC(=O)c1c(O)ccc2ccccc12)c1ccccc1[N+](=O)[O-]. The van der Waals surface area contributed by atoms with E-state index in [9.17, 15) is 24.8 Å². The Bertz CT molecular complexity index is 1030. The Balaban J connectivity index is 1.83. The molecule has 0 unspecified atom stereocenters. The average molecular weight is 351 g/mol. The molecule has 0 aliphatic carbocycles. The third kappa shape index (κ3) is 3.16. The molecule has 0 aliphatic heterocycles. The Morgan fingerprint density at radius 3 is 2.31 bits per heavy atom. The van der Waals surface area contributed by atoms with Crippen molar-refractivity contribution in [2.75, 3.05) is 0 Å². The number of carbonyl (C=O) groups is 2. The minimum Gasteiger partial charge on any atom is -0.507 e. The molecule has 8 nitrogen and oxygen atoms in total. The number of fused-ring (bicyclic) bond motifs is 1. The smallest absolute Gasteiger partial charge is 0.282 e. The van der Waals surface area contributed by atoms with Crippen molar-refractivity contribution < 1.29 is 19.6 Å². The van der Waals surface area contributed by atoms with E-state index in [0.717, 1.165) is 5.39 Å². The third-order valence-corrected chi connectivity index (χ3v) is 3.77. The van der Waals surface area contributed by atoms with Gasteiger partial charge < -0.3 is 5.11 Å². The molecule has 0 saturated heterocycles. The Morgan fingerprint density at radius 1 is 0.885 bits per heavy atom. The molecule has 0 radical (unpaired) electrons. The topological polar surface area (TPSA) is 122 Å². The Hall–Kier alpha value is -3.94. The van der Waals surface area contributed by atoms with Crippen LogP contribution in [0.15, 0.2) is 60.7 Å². The van der Waals surface area contributed by atoms with E-state index in [4.69, 9.17) is 0 Å². The molecule has 3 N–H and O–H groups in total. The fourth-order valence-electron chi connectivity index (χ4n) is 2.57. The van der Waals surface area contributed by atoms with Crippen LogP contribution in [-0.4, -0.2) is 21.8 Å². The van der Waals surface area contributed by atoms with Crippen LogP contribution < -0.4 is 10.9 Å². The molecule has 130 valence electrons. The second-order valence-electron chi connectivity index (χ2n) is 5.36. The lowest BCUT2D eigenvalue weighted by molar-refractivity contribution is -0.385. The minimum atomic E-state index is -0.842. The van der Waals surface area contributed by atoms with Gasteiger partial charge in [-0.2, -0.15) is 0 Å². The number of benzene rings is 3. The van der Waals surface area contributed by atoms with Crippen molar-refractivity contribution in [2.24, 2.45) is 0 Å². The second kappa shape index (κ2) is 6.89. The first-order valence-electron chi connectivity index (χ1n) is 7.54. The van der Waals surface area contributed by atoms with Crippen molar-refractivity contribution in [2.45, 2.75) is 0 Å². The summed E-state index contributed by atoms with van der Waals surface area (Å²) in [6, 6.07) is 15.3. The number of nitro groups is 1. The van der Waals surface area contributed by atoms with Crippen LogP contribution in [0, 0.1) is 10.1 Å². The molecule has 0 aliphatic rings. The molecular formula is C18H13N3O5. The summed E-state index contributed by atoms with van der Waals surface area (Å²) >= 11 is 0. The molecule has 0 fully saturated rings. The van der Waals surface area contributed by atoms with Gasteiger partial charge in [0.15, 0.2) is 0 Å². The zero-order valence-corrected chi connectivity index (χ0v) is 13.3. The molecular weight excluding hydrogens is 338 g/mol. The van der Waals surface area contributed by atoms with Gasteiger partial charge in [0.1, 0.15) is 11.3 Å². The van der Waals surface area contributed by atoms with Crippen molar-refractivity contribution in [3.63, 3.8) is 0 Å². The molecule has 0 bridgehead atoms. The van der Waals surface area contributed by atoms with E-state index < -0.39 is 16.7 Å². The van der Waals surface area contributed by atoms with Crippen LogP contribution in [0.5, 0.6) is 5.75 Å². The molecule has 0 saturated carbocycles. The van der Waals surface area contributed by atoms with Crippen LogP contribution in [0.1, 0.15) is 20.7 Å². The van der Waals surface area contributed by atoms with E-state index in [0.29, 0.717) is 5.39 Å². The number of aromatic hydroxyl groups is 1. The van der Waals surface area contributed by atoms with Crippen LogP contribution in [0.2, 0.25) is 0 Å². The number of hydrazine groups is 1. The fourth-order valence-corrected chi connectivity index (χ4v) is 2.57. The van der Waals surface area contributed by atoms with Gasteiger partial charge in [0, 0.05) is 6.07 Å². The summed E-state index contributed by atoms with van der Waals surface area (Å²) in [6.45, 7) is 0. The molecule has 3 aromatic rings. The third-order valence-electron chi connectivity index (χ3n) is 3.77. The van der Waals surface area contributed by atoms with E-state index in [2.05, 4.69) is 10.9 Å². The zero-order valence-electron chi connectivity index (χ0n) is 13.3. The Kier molecular flexibility index (Phi) is 4.48. The van der Waals surface area contributed by atoms with Crippen LogP contribution in [0.25, 0.3) is 10.8 Å². The highest BCUT2D eigenvalue weighted by Gasteiger charge is 2.21. The van der Waals surface area contributed by atoms with Crippen molar-refractivity contribution >= 4 is 28.3 Å². The van der Waals surface area contributed by atoms with E-state index in [1.807, 2.05) is 0 Å². The van der Waals surface area contributed by atoms with Gasteiger partial charge in [-0.05, 0) is 22.9 Å². The molecule has 2 amide bonds. The predicted molar refractivity (Wildman–Crippen MR) is 93.6 cm³/mol. The molecule has 3 rings (SSSR count). The molecule has 0 heterocycles. The molecule has 0 atom stereocenters. The van der Waals surface area contributed by atoms with E-state index in [1.165, 1.54) is 30.3 Å². The van der Waals surface area contributed by atoms with Gasteiger partial charge in [0.2, 0.25) is 0 Å². The van der Waals surface area contributed by atoms with Crippen molar-refractivity contribution in [1.82, 2.24) is 10.9 Å². The number of nitro benzene ring substituents is 1. The van der Waals surface area contributed by atoms with E-state index in [-0.39, 0.29) is 22.6 Å². The van der Waals surface area contributed by atoms with Gasteiger partial charge in [0.25, 0.3) is 17.5 Å². The normalized spacial score (nSPS) is 10.3. The van der Waals surface area contributed by atoms with Gasteiger partial charge >= 0.3 is 0 Å². The second-order valence-corrected chi connectivity index (χ2v) is 5.36. The summed E-state index contributed by atoms with van der Waals surface area (Å²) in [4.78, 5) is 34.9. The number of amides is 2. The van der Waals surface area contributed by atoms with Crippen LogP contribution in [0.4, 0.5) is 5.69 Å². The maximum atomic E-state index is 12.4. The average Bonchev–Trinajstić information content (AvgIpc) is 2.65. The van der Waals surface area contributed by atoms with E-state index in [1.54, 1.807) is 30.3 Å². The summed E-state index contributed by atoms with van der Waals surface area (Å²) in [6.07, 6.45) is 0. The first-order valence-corrected chi connectivity index (χ1v) is 7.54. The molecule has 3 aromatic carbocycles. The van der Waals surface area contributed by atoms with Crippen molar-refractivity contribution in [1.29, 1.82) is 0 Å². The Labute approximate surface area is 147 Å². The zero-order chi connectivity index (χ0) is 18.7. The summed E-state index contributed by atoms with van der Waals surface area (Å²) < 4.78 is 0. The van der Waals surface area contributed by atoms with Crippen molar-refractivity contribution in [3.05, 3.63) is 81.9 Å². The summed E-state index contributed by atoms with van der Waals surface area (Å²) in [7, 11) is 0. The molecule has 0 aromatic heterocycles. The number of phenols is 1. The van der Waals surface area contributed by atoms with Gasteiger partial charge in [-0.1, -0.05) is 42.5 Å².